The molecule has 7 heteroatoms. The summed E-state index contributed by atoms with van der Waals surface area (Å²) in [5.41, 5.74) is 0.250. The van der Waals surface area contributed by atoms with Crippen molar-refractivity contribution >= 4 is 11.9 Å². The molecule has 2 aromatic carbocycles. The average Bonchev–Trinajstić information content (AvgIpc) is 2.62. The van der Waals surface area contributed by atoms with E-state index in [4.69, 9.17) is 24.8 Å². The summed E-state index contributed by atoms with van der Waals surface area (Å²) < 4.78 is 9.97. The summed E-state index contributed by atoms with van der Waals surface area (Å²) in [5.74, 6) is -0.308. The highest BCUT2D eigenvalue weighted by Crippen LogP contribution is 2.19. The highest BCUT2D eigenvalue weighted by Gasteiger charge is 2.14. The Morgan fingerprint density at radius 1 is 1.08 bits per heavy atom. The number of esters is 1. The van der Waals surface area contributed by atoms with Gasteiger partial charge < -0.3 is 24.8 Å². The fourth-order valence-corrected chi connectivity index (χ4v) is 1.67. The molecular weight excluding hydrogens is 328 g/mol. The van der Waals surface area contributed by atoms with Crippen molar-refractivity contribution in [2.24, 2.45) is 0 Å². The van der Waals surface area contributed by atoms with Crippen LogP contribution in [0.4, 0.5) is 0 Å². The summed E-state index contributed by atoms with van der Waals surface area (Å²) in [7, 11) is 1.57. The first-order chi connectivity index (χ1) is 11.9. The van der Waals surface area contributed by atoms with Crippen LogP contribution >= 0.6 is 0 Å². The molecule has 0 aliphatic heterocycles. The van der Waals surface area contributed by atoms with Gasteiger partial charge in [0.15, 0.2) is 6.10 Å². The van der Waals surface area contributed by atoms with E-state index in [9.17, 15) is 9.59 Å². The highest BCUT2D eigenvalue weighted by molar-refractivity contribution is 5.74. The third kappa shape index (κ3) is 6.92. The van der Waals surface area contributed by atoms with Gasteiger partial charge in [0.05, 0.1) is 7.11 Å². The fourth-order valence-electron chi connectivity index (χ4n) is 1.67. The summed E-state index contributed by atoms with van der Waals surface area (Å²) in [6.45, 7) is 1.75. The zero-order valence-electron chi connectivity index (χ0n) is 13.9. The van der Waals surface area contributed by atoms with Crippen LogP contribution in [0.5, 0.6) is 17.2 Å². The minimum absolute atomic E-state index is 0.0383. The summed E-state index contributed by atoms with van der Waals surface area (Å²) in [5, 5.41) is 26.2. The Balaban J connectivity index is 0.000000251. The van der Waals surface area contributed by atoms with Crippen molar-refractivity contribution < 1.29 is 34.4 Å². The van der Waals surface area contributed by atoms with Crippen LogP contribution in [0, 0.1) is 0 Å². The second kappa shape index (κ2) is 9.94. The smallest absolute Gasteiger partial charge is 0.337 e. The quantitative estimate of drug-likeness (QED) is 0.562. The Labute approximate surface area is 145 Å². The summed E-state index contributed by atoms with van der Waals surface area (Å²) in [6.07, 6.45) is -1.15. The maximum Gasteiger partial charge on any atom is 0.337 e. The molecule has 0 spiro atoms. The number of benzene rings is 2. The van der Waals surface area contributed by atoms with Crippen LogP contribution in [0.1, 0.15) is 25.0 Å². The lowest BCUT2D eigenvalue weighted by molar-refractivity contribution is -0.147. The molecule has 2 rings (SSSR count). The number of rotatable bonds is 5. The van der Waals surface area contributed by atoms with Gasteiger partial charge in [0.25, 0.3) is 0 Å². The highest BCUT2D eigenvalue weighted by atomic mass is 16.5. The van der Waals surface area contributed by atoms with Crippen molar-refractivity contribution in [3.8, 4) is 17.2 Å². The van der Waals surface area contributed by atoms with Gasteiger partial charge in [-0.2, -0.15) is 0 Å². The Morgan fingerprint density at radius 2 is 1.68 bits per heavy atom. The number of phenolic OH excluding ortho intramolecular Hbond substituents is 1. The van der Waals surface area contributed by atoms with Crippen LogP contribution < -0.4 is 9.47 Å². The van der Waals surface area contributed by atoms with Crippen molar-refractivity contribution in [1.29, 1.82) is 0 Å². The number of carboxylic acids is 1. The van der Waals surface area contributed by atoms with Gasteiger partial charge in [0.2, 0.25) is 0 Å². The van der Waals surface area contributed by atoms with E-state index in [0.29, 0.717) is 17.9 Å². The number of aliphatic hydroxyl groups excluding tert-OH is 1. The largest absolute Gasteiger partial charge is 0.508 e. The van der Waals surface area contributed by atoms with E-state index >= 15 is 0 Å². The van der Waals surface area contributed by atoms with E-state index in [1.54, 1.807) is 38.3 Å². The minimum atomic E-state index is -1.52. The molecule has 2 aromatic rings. The molecule has 0 amide bonds. The minimum Gasteiger partial charge on any atom is -0.508 e. The molecule has 0 bridgehead atoms. The first-order valence-corrected chi connectivity index (χ1v) is 7.42. The monoisotopic (exact) mass is 348 g/mol. The third-order valence-corrected chi connectivity index (χ3v) is 3.00. The van der Waals surface area contributed by atoms with Gasteiger partial charge >= 0.3 is 11.9 Å². The molecule has 0 aliphatic rings. The molecule has 0 saturated carbocycles. The summed E-state index contributed by atoms with van der Waals surface area (Å²) in [4.78, 5) is 21.2. The van der Waals surface area contributed by atoms with Gasteiger partial charge in [-0.25, -0.2) is 4.79 Å². The molecule has 0 saturated heterocycles. The molecule has 0 aromatic heterocycles. The van der Waals surface area contributed by atoms with Gasteiger partial charge in [-0.3, -0.25) is 4.79 Å². The molecule has 1 atom stereocenters. The molecule has 0 heterocycles. The maximum atomic E-state index is 10.9. The first kappa shape index (κ1) is 20.0. The Hall–Kier alpha value is -3.06. The number of hydrogen-bond acceptors (Lipinski definition) is 6. The topological polar surface area (TPSA) is 113 Å². The van der Waals surface area contributed by atoms with Gasteiger partial charge in [0, 0.05) is 12.5 Å². The number of hydrogen-bond donors (Lipinski definition) is 3. The van der Waals surface area contributed by atoms with Crippen LogP contribution in [-0.2, 0) is 9.59 Å². The van der Waals surface area contributed by atoms with E-state index in [2.05, 4.69) is 0 Å². The Bertz CT molecular complexity index is 695. The predicted molar refractivity (Wildman–Crippen MR) is 89.6 cm³/mol. The van der Waals surface area contributed by atoms with E-state index in [1.165, 1.54) is 24.3 Å². The molecule has 0 aliphatic carbocycles. The lowest BCUT2D eigenvalue weighted by Gasteiger charge is -2.04. The van der Waals surface area contributed by atoms with E-state index in [1.807, 2.05) is 0 Å². The van der Waals surface area contributed by atoms with Gasteiger partial charge in [-0.05, 0) is 29.8 Å². The zero-order chi connectivity index (χ0) is 18.8. The van der Waals surface area contributed by atoms with Crippen molar-refractivity contribution in [2.45, 2.75) is 19.4 Å². The van der Waals surface area contributed by atoms with Crippen molar-refractivity contribution in [2.75, 3.05) is 7.11 Å². The molecule has 25 heavy (non-hydrogen) atoms. The first-order valence-electron chi connectivity index (χ1n) is 7.42. The van der Waals surface area contributed by atoms with E-state index in [0.717, 1.165) is 0 Å². The standard InChI is InChI=1S/C10H12O3.C8H8O4/c1-3-10(11)13-9-6-4-5-8(7-9)12-2;9-6-3-1-5(2-4-6)7(10)8(11)12/h4-7H,3H2,1-2H3;1-4,7,9-10H,(H,11,12). The molecule has 3 N–H and O–H groups in total. The van der Waals surface area contributed by atoms with E-state index in [-0.39, 0.29) is 17.3 Å². The third-order valence-electron chi connectivity index (χ3n) is 3.00. The predicted octanol–water partition coefficient (Wildman–Crippen LogP) is 2.52. The molecule has 0 radical (unpaired) electrons. The number of carboxylic acid groups (broad SMARTS) is 1. The molecular formula is C18H20O7. The summed E-state index contributed by atoms with van der Waals surface area (Å²) >= 11 is 0. The number of aromatic hydroxyl groups is 1. The number of carbonyl (C=O) groups is 2. The molecule has 134 valence electrons. The van der Waals surface area contributed by atoms with Crippen LogP contribution in [0.2, 0.25) is 0 Å². The number of aliphatic carboxylic acids is 1. The number of aliphatic hydroxyl groups is 1. The molecule has 7 nitrogen and oxygen atoms in total. The fraction of sp³-hybridized carbons (Fsp3) is 0.222. The lowest BCUT2D eigenvalue weighted by atomic mass is 10.1. The van der Waals surface area contributed by atoms with Crippen molar-refractivity contribution in [1.82, 2.24) is 0 Å². The van der Waals surface area contributed by atoms with Crippen LogP contribution in [-0.4, -0.2) is 34.4 Å². The van der Waals surface area contributed by atoms with Gasteiger partial charge in [0.1, 0.15) is 17.2 Å². The van der Waals surface area contributed by atoms with Crippen LogP contribution in [0.25, 0.3) is 0 Å². The number of methoxy groups -OCH3 is 1. The lowest BCUT2D eigenvalue weighted by Crippen LogP contribution is -2.09. The van der Waals surface area contributed by atoms with Crippen LogP contribution in [0.3, 0.4) is 0 Å². The molecule has 1 unspecified atom stereocenters. The number of ether oxygens (including phenoxy) is 2. The van der Waals surface area contributed by atoms with Crippen molar-refractivity contribution in [3.05, 3.63) is 54.1 Å². The van der Waals surface area contributed by atoms with Crippen LogP contribution in [0.15, 0.2) is 48.5 Å². The number of phenols is 1. The second-order valence-corrected chi connectivity index (χ2v) is 4.84. The maximum absolute atomic E-state index is 10.9. The van der Waals surface area contributed by atoms with Gasteiger partial charge in [-0.1, -0.05) is 25.1 Å². The normalized spacial score (nSPS) is 10.8. The number of carbonyl (C=O) groups excluding carboxylic acids is 1. The molecule has 0 fully saturated rings. The zero-order valence-corrected chi connectivity index (χ0v) is 13.9. The van der Waals surface area contributed by atoms with E-state index < -0.39 is 12.1 Å². The average molecular weight is 348 g/mol. The second-order valence-electron chi connectivity index (χ2n) is 4.84. The van der Waals surface area contributed by atoms with Gasteiger partial charge in [-0.15, -0.1) is 0 Å². The SMILES string of the molecule is CCC(=O)Oc1cccc(OC)c1.O=C(O)C(O)c1ccc(O)cc1. The van der Waals surface area contributed by atoms with Crippen molar-refractivity contribution in [3.63, 3.8) is 0 Å². The Kier molecular flexibility index (Phi) is 7.95. The summed E-state index contributed by atoms with van der Waals surface area (Å²) in [6, 6.07) is 12.3. The Morgan fingerprint density at radius 3 is 2.20 bits per heavy atom.